The lowest BCUT2D eigenvalue weighted by atomic mass is 10.0. The predicted molar refractivity (Wildman–Crippen MR) is 76.6 cm³/mol. The normalized spacial score (nSPS) is 18.6. The molecule has 1 atom stereocenters. The van der Waals surface area contributed by atoms with Crippen LogP contribution >= 0.6 is 0 Å². The zero-order valence-corrected chi connectivity index (χ0v) is 11.7. The van der Waals surface area contributed by atoms with Crippen LogP contribution in [0.4, 0.5) is 11.5 Å². The van der Waals surface area contributed by atoms with Crippen LogP contribution in [0, 0.1) is 5.92 Å². The lowest BCUT2D eigenvalue weighted by Gasteiger charge is -2.22. The van der Waals surface area contributed by atoms with Gasteiger partial charge in [0.1, 0.15) is 5.82 Å². The summed E-state index contributed by atoms with van der Waals surface area (Å²) in [7, 11) is 0. The number of hydrogen-bond acceptors (Lipinski definition) is 6. The molecule has 3 N–H and O–H groups in total. The Morgan fingerprint density at radius 2 is 2.50 bits per heavy atom. The number of esters is 1. The van der Waals surface area contributed by atoms with Gasteiger partial charge in [0.05, 0.1) is 24.5 Å². The summed E-state index contributed by atoms with van der Waals surface area (Å²) in [6.07, 6.45) is 3.77. The van der Waals surface area contributed by atoms with Crippen LogP contribution in [0.25, 0.3) is 0 Å². The third kappa shape index (κ3) is 3.60. The van der Waals surface area contributed by atoms with Crippen LogP contribution in [-0.2, 0) is 9.47 Å². The SMILES string of the molecule is CCOC(=O)c1ccnc(NCC2CCCOC2)c1N. The number of rotatable bonds is 5. The molecule has 1 unspecified atom stereocenters. The molecule has 0 aromatic carbocycles. The van der Waals surface area contributed by atoms with Crippen molar-refractivity contribution in [2.45, 2.75) is 19.8 Å². The Morgan fingerprint density at radius 3 is 3.20 bits per heavy atom. The molecule has 110 valence electrons. The molecule has 1 aliphatic heterocycles. The van der Waals surface area contributed by atoms with Crippen molar-refractivity contribution in [1.29, 1.82) is 0 Å². The number of anilines is 2. The molecule has 0 amide bonds. The number of nitrogens with one attached hydrogen (secondary N) is 1. The Labute approximate surface area is 118 Å². The van der Waals surface area contributed by atoms with E-state index in [2.05, 4.69) is 10.3 Å². The van der Waals surface area contributed by atoms with E-state index in [4.69, 9.17) is 15.2 Å². The molecule has 0 saturated carbocycles. The summed E-state index contributed by atoms with van der Waals surface area (Å²) in [5, 5.41) is 3.20. The highest BCUT2D eigenvalue weighted by atomic mass is 16.5. The number of pyridine rings is 1. The minimum absolute atomic E-state index is 0.322. The molecule has 2 rings (SSSR count). The molecule has 1 aromatic heterocycles. The highest BCUT2D eigenvalue weighted by Gasteiger charge is 2.17. The maximum atomic E-state index is 11.7. The molecule has 0 aliphatic carbocycles. The zero-order valence-electron chi connectivity index (χ0n) is 11.7. The maximum absolute atomic E-state index is 11.7. The van der Waals surface area contributed by atoms with Crippen molar-refractivity contribution in [3.05, 3.63) is 17.8 Å². The highest BCUT2D eigenvalue weighted by Crippen LogP contribution is 2.22. The highest BCUT2D eigenvalue weighted by molar-refractivity contribution is 5.97. The smallest absolute Gasteiger partial charge is 0.340 e. The van der Waals surface area contributed by atoms with Gasteiger partial charge in [-0.1, -0.05) is 0 Å². The third-order valence-electron chi connectivity index (χ3n) is 3.30. The van der Waals surface area contributed by atoms with E-state index in [-0.39, 0.29) is 0 Å². The molecule has 20 heavy (non-hydrogen) atoms. The third-order valence-corrected chi connectivity index (χ3v) is 3.30. The Hall–Kier alpha value is -1.82. The van der Waals surface area contributed by atoms with Crippen molar-refractivity contribution in [2.75, 3.05) is 37.4 Å². The standard InChI is InChI=1S/C14H21N3O3/c1-2-20-14(18)11-5-6-16-13(12(11)15)17-8-10-4-3-7-19-9-10/h5-6,10H,2-4,7-9,15H2,1H3,(H,16,17). The van der Waals surface area contributed by atoms with Gasteiger partial charge < -0.3 is 20.5 Å². The first-order valence-corrected chi connectivity index (χ1v) is 6.95. The summed E-state index contributed by atoms with van der Waals surface area (Å²) < 4.78 is 10.4. The second-order valence-corrected chi connectivity index (χ2v) is 4.81. The molecule has 0 spiro atoms. The van der Waals surface area contributed by atoms with E-state index >= 15 is 0 Å². The fourth-order valence-electron chi connectivity index (χ4n) is 2.21. The van der Waals surface area contributed by atoms with Crippen molar-refractivity contribution in [3.8, 4) is 0 Å². The first-order valence-electron chi connectivity index (χ1n) is 6.95. The summed E-state index contributed by atoms with van der Waals surface area (Å²) in [6, 6.07) is 1.57. The van der Waals surface area contributed by atoms with Crippen LogP contribution in [0.1, 0.15) is 30.1 Å². The molecule has 1 aromatic rings. The average molecular weight is 279 g/mol. The average Bonchev–Trinajstić information content (AvgIpc) is 2.47. The van der Waals surface area contributed by atoms with Gasteiger partial charge in [0.25, 0.3) is 0 Å². The van der Waals surface area contributed by atoms with Crippen molar-refractivity contribution in [3.63, 3.8) is 0 Å². The van der Waals surface area contributed by atoms with Gasteiger partial charge in [0.15, 0.2) is 0 Å². The Kier molecular flexibility index (Phi) is 5.17. The predicted octanol–water partition coefficient (Wildman–Crippen LogP) is 1.68. The van der Waals surface area contributed by atoms with E-state index in [1.807, 2.05) is 0 Å². The van der Waals surface area contributed by atoms with Crippen LogP contribution in [-0.4, -0.2) is 37.3 Å². The lowest BCUT2D eigenvalue weighted by molar-refractivity contribution is 0.0527. The largest absolute Gasteiger partial charge is 0.462 e. The number of ether oxygens (including phenoxy) is 2. The molecule has 6 heteroatoms. The topological polar surface area (TPSA) is 86.5 Å². The van der Waals surface area contributed by atoms with Gasteiger partial charge in [-0.05, 0) is 31.7 Å². The van der Waals surface area contributed by atoms with Crippen LogP contribution < -0.4 is 11.1 Å². The molecule has 1 aliphatic rings. The second kappa shape index (κ2) is 7.09. The van der Waals surface area contributed by atoms with Crippen molar-refractivity contribution in [2.24, 2.45) is 5.92 Å². The summed E-state index contributed by atoms with van der Waals surface area (Å²) >= 11 is 0. The van der Waals surface area contributed by atoms with Gasteiger partial charge in [-0.25, -0.2) is 9.78 Å². The second-order valence-electron chi connectivity index (χ2n) is 4.81. The van der Waals surface area contributed by atoms with Crippen molar-refractivity contribution >= 4 is 17.5 Å². The quantitative estimate of drug-likeness (QED) is 0.797. The lowest BCUT2D eigenvalue weighted by Crippen LogP contribution is -2.25. The van der Waals surface area contributed by atoms with Gasteiger partial charge in [-0.15, -0.1) is 0 Å². The maximum Gasteiger partial charge on any atom is 0.340 e. The molecular weight excluding hydrogens is 258 g/mol. The number of nitrogens with zero attached hydrogens (tertiary/aromatic N) is 1. The van der Waals surface area contributed by atoms with Gasteiger partial charge in [-0.3, -0.25) is 0 Å². The number of nitrogens with two attached hydrogens (primary N) is 1. The van der Waals surface area contributed by atoms with E-state index < -0.39 is 5.97 Å². The molecule has 0 radical (unpaired) electrons. The van der Waals surface area contributed by atoms with E-state index in [9.17, 15) is 4.79 Å². The Morgan fingerprint density at radius 1 is 1.65 bits per heavy atom. The number of hydrogen-bond donors (Lipinski definition) is 2. The molecule has 1 saturated heterocycles. The number of aromatic nitrogens is 1. The first kappa shape index (κ1) is 14.6. The summed E-state index contributed by atoms with van der Waals surface area (Å²) in [5.41, 5.74) is 6.66. The number of carbonyl (C=O) groups is 1. The Balaban J connectivity index is 2.00. The van der Waals surface area contributed by atoms with Gasteiger partial charge >= 0.3 is 5.97 Å². The fraction of sp³-hybridized carbons (Fsp3) is 0.571. The Bertz CT molecular complexity index is 459. The van der Waals surface area contributed by atoms with Gasteiger partial charge in [0, 0.05) is 19.3 Å². The van der Waals surface area contributed by atoms with Crippen LogP contribution in [0.5, 0.6) is 0 Å². The minimum Gasteiger partial charge on any atom is -0.462 e. The number of nitrogen functional groups attached to an aromatic ring is 1. The van der Waals surface area contributed by atoms with Crippen LogP contribution in [0.15, 0.2) is 12.3 Å². The van der Waals surface area contributed by atoms with Crippen molar-refractivity contribution in [1.82, 2.24) is 4.98 Å². The van der Waals surface area contributed by atoms with Gasteiger partial charge in [-0.2, -0.15) is 0 Å². The van der Waals surface area contributed by atoms with Crippen molar-refractivity contribution < 1.29 is 14.3 Å². The molecule has 2 heterocycles. The zero-order chi connectivity index (χ0) is 14.4. The molecule has 6 nitrogen and oxygen atoms in total. The summed E-state index contributed by atoms with van der Waals surface area (Å²) in [4.78, 5) is 15.9. The first-order chi connectivity index (χ1) is 9.72. The molecule has 0 bridgehead atoms. The van der Waals surface area contributed by atoms with E-state index in [1.54, 1.807) is 19.2 Å². The van der Waals surface area contributed by atoms with Crippen LogP contribution in [0.2, 0.25) is 0 Å². The van der Waals surface area contributed by atoms with E-state index in [0.29, 0.717) is 29.6 Å². The minimum atomic E-state index is -0.420. The van der Waals surface area contributed by atoms with E-state index in [1.165, 1.54) is 0 Å². The summed E-state index contributed by atoms with van der Waals surface area (Å²) in [5.74, 6) is 0.564. The van der Waals surface area contributed by atoms with Crippen LogP contribution in [0.3, 0.4) is 0 Å². The van der Waals surface area contributed by atoms with E-state index in [0.717, 1.165) is 32.6 Å². The van der Waals surface area contributed by atoms with Gasteiger partial charge in [0.2, 0.25) is 0 Å². The summed E-state index contributed by atoms with van der Waals surface area (Å²) in [6.45, 7) is 4.42. The molecular formula is C14H21N3O3. The molecule has 1 fully saturated rings. The monoisotopic (exact) mass is 279 g/mol. The number of carbonyl (C=O) groups excluding carboxylic acids is 1. The fourth-order valence-corrected chi connectivity index (χ4v) is 2.21.